The van der Waals surface area contributed by atoms with Crippen LogP contribution in [0.5, 0.6) is 0 Å². The standard InChI is InChI=1S/C22H32N4OS/c1-23-22(24-13-5-6-16-27-18-19-8-3-2-4-9-19)25-20-11-14-26(15-12-20)21-10-7-17-28-21/h2-4,7-10,17,20H,5-6,11-16,18H2,1H3,(H2,23,24,25). The normalized spacial score (nSPS) is 15.6. The molecule has 0 aliphatic carbocycles. The van der Waals surface area contributed by atoms with Gasteiger partial charge < -0.3 is 20.3 Å². The summed E-state index contributed by atoms with van der Waals surface area (Å²) in [5.41, 5.74) is 1.23. The van der Waals surface area contributed by atoms with Crippen LogP contribution in [0.25, 0.3) is 0 Å². The maximum absolute atomic E-state index is 5.74. The third-order valence-corrected chi connectivity index (χ3v) is 5.93. The summed E-state index contributed by atoms with van der Waals surface area (Å²) in [5.74, 6) is 0.916. The first-order chi connectivity index (χ1) is 13.8. The number of anilines is 1. The molecule has 2 aromatic rings. The lowest BCUT2D eigenvalue weighted by atomic mass is 10.1. The Morgan fingerprint density at radius 3 is 2.68 bits per heavy atom. The third kappa shape index (κ3) is 6.84. The van der Waals surface area contributed by atoms with Crippen LogP contribution in [0.3, 0.4) is 0 Å². The number of ether oxygens (including phenoxy) is 1. The van der Waals surface area contributed by atoms with E-state index >= 15 is 0 Å². The molecular formula is C22H32N4OS. The number of thiophene rings is 1. The molecular weight excluding hydrogens is 368 g/mol. The van der Waals surface area contributed by atoms with E-state index in [9.17, 15) is 0 Å². The van der Waals surface area contributed by atoms with Crippen LogP contribution in [-0.2, 0) is 11.3 Å². The second kappa shape index (κ2) is 11.7. The third-order valence-electron chi connectivity index (χ3n) is 5.00. The van der Waals surface area contributed by atoms with Gasteiger partial charge in [-0.3, -0.25) is 4.99 Å². The van der Waals surface area contributed by atoms with Gasteiger partial charge in [-0.05, 0) is 48.8 Å². The number of piperidine rings is 1. The maximum Gasteiger partial charge on any atom is 0.191 e. The number of unbranched alkanes of at least 4 members (excludes halogenated alkanes) is 1. The summed E-state index contributed by atoms with van der Waals surface area (Å²) < 4.78 is 5.74. The first-order valence-electron chi connectivity index (χ1n) is 10.2. The fourth-order valence-corrected chi connectivity index (χ4v) is 4.17. The summed E-state index contributed by atoms with van der Waals surface area (Å²) in [7, 11) is 1.85. The number of aliphatic imine (C=N–C) groups is 1. The van der Waals surface area contributed by atoms with Gasteiger partial charge in [-0.1, -0.05) is 30.3 Å². The molecule has 2 heterocycles. The Morgan fingerprint density at radius 2 is 1.96 bits per heavy atom. The van der Waals surface area contributed by atoms with Gasteiger partial charge in [0.2, 0.25) is 0 Å². The van der Waals surface area contributed by atoms with Crippen molar-refractivity contribution in [1.29, 1.82) is 0 Å². The van der Waals surface area contributed by atoms with Crippen LogP contribution in [0.4, 0.5) is 5.00 Å². The highest BCUT2D eigenvalue weighted by atomic mass is 32.1. The average molecular weight is 401 g/mol. The fourth-order valence-electron chi connectivity index (χ4n) is 3.38. The minimum absolute atomic E-state index is 0.497. The van der Waals surface area contributed by atoms with Crippen LogP contribution in [-0.4, -0.2) is 45.3 Å². The van der Waals surface area contributed by atoms with Crippen molar-refractivity contribution in [2.24, 2.45) is 4.99 Å². The maximum atomic E-state index is 5.74. The van der Waals surface area contributed by atoms with Crippen LogP contribution in [0.1, 0.15) is 31.2 Å². The number of nitrogens with zero attached hydrogens (tertiary/aromatic N) is 2. The van der Waals surface area contributed by atoms with Crippen molar-refractivity contribution in [1.82, 2.24) is 10.6 Å². The Kier molecular flexibility index (Phi) is 8.65. The molecule has 0 saturated carbocycles. The lowest BCUT2D eigenvalue weighted by Gasteiger charge is -2.33. The van der Waals surface area contributed by atoms with E-state index in [4.69, 9.17) is 4.74 Å². The lowest BCUT2D eigenvalue weighted by molar-refractivity contribution is 0.117. The van der Waals surface area contributed by atoms with Crippen molar-refractivity contribution in [3.05, 3.63) is 53.4 Å². The molecule has 1 fully saturated rings. The molecule has 0 bridgehead atoms. The summed E-state index contributed by atoms with van der Waals surface area (Å²) in [6.07, 6.45) is 4.42. The van der Waals surface area contributed by atoms with Crippen LogP contribution in [0.15, 0.2) is 52.8 Å². The van der Waals surface area contributed by atoms with E-state index in [0.29, 0.717) is 12.6 Å². The van der Waals surface area contributed by atoms with Gasteiger partial charge in [-0.15, -0.1) is 11.3 Å². The van der Waals surface area contributed by atoms with Crippen LogP contribution in [0, 0.1) is 0 Å². The van der Waals surface area contributed by atoms with E-state index in [1.165, 1.54) is 10.6 Å². The largest absolute Gasteiger partial charge is 0.377 e. The van der Waals surface area contributed by atoms with Crippen molar-refractivity contribution in [3.8, 4) is 0 Å². The summed E-state index contributed by atoms with van der Waals surface area (Å²) in [6.45, 7) is 4.62. The number of guanidine groups is 1. The fraction of sp³-hybridized carbons (Fsp3) is 0.500. The predicted molar refractivity (Wildman–Crippen MR) is 119 cm³/mol. The minimum atomic E-state index is 0.497. The number of rotatable bonds is 9. The van der Waals surface area contributed by atoms with Crippen LogP contribution >= 0.6 is 11.3 Å². The zero-order valence-electron chi connectivity index (χ0n) is 16.8. The molecule has 0 unspecified atom stereocenters. The van der Waals surface area contributed by atoms with E-state index in [1.54, 1.807) is 0 Å². The molecule has 152 valence electrons. The van der Waals surface area contributed by atoms with Gasteiger partial charge in [0.15, 0.2) is 5.96 Å². The number of hydrogen-bond acceptors (Lipinski definition) is 4. The number of benzene rings is 1. The molecule has 2 N–H and O–H groups in total. The lowest BCUT2D eigenvalue weighted by Crippen LogP contribution is -2.48. The summed E-state index contributed by atoms with van der Waals surface area (Å²) in [4.78, 5) is 6.86. The van der Waals surface area contributed by atoms with Gasteiger partial charge in [0.1, 0.15) is 0 Å². The minimum Gasteiger partial charge on any atom is -0.377 e. The molecule has 5 nitrogen and oxygen atoms in total. The Labute approximate surface area is 172 Å². The van der Waals surface area contributed by atoms with Gasteiger partial charge in [-0.25, -0.2) is 0 Å². The molecule has 1 saturated heterocycles. The van der Waals surface area contributed by atoms with Gasteiger partial charge in [0.05, 0.1) is 11.6 Å². The molecule has 1 aliphatic heterocycles. The van der Waals surface area contributed by atoms with Crippen molar-refractivity contribution in [2.75, 3.05) is 38.2 Å². The Morgan fingerprint density at radius 1 is 1.14 bits per heavy atom. The first-order valence-corrected chi connectivity index (χ1v) is 11.1. The van der Waals surface area contributed by atoms with E-state index in [1.807, 2.05) is 36.6 Å². The smallest absolute Gasteiger partial charge is 0.191 e. The van der Waals surface area contributed by atoms with E-state index in [0.717, 1.165) is 57.9 Å². The quantitative estimate of drug-likeness (QED) is 0.381. The SMILES string of the molecule is CN=C(NCCCCOCc1ccccc1)NC1CCN(c2cccs2)CC1. The van der Waals surface area contributed by atoms with Gasteiger partial charge in [-0.2, -0.15) is 0 Å². The first kappa shape index (κ1) is 20.7. The molecule has 0 atom stereocenters. The molecule has 3 rings (SSSR count). The zero-order chi connectivity index (χ0) is 19.4. The van der Waals surface area contributed by atoms with Crippen molar-refractivity contribution in [3.63, 3.8) is 0 Å². The van der Waals surface area contributed by atoms with Gasteiger partial charge >= 0.3 is 0 Å². The topological polar surface area (TPSA) is 48.9 Å². The highest BCUT2D eigenvalue weighted by Gasteiger charge is 2.20. The Balaban J connectivity index is 1.24. The van der Waals surface area contributed by atoms with Gasteiger partial charge in [0, 0.05) is 39.3 Å². The summed E-state index contributed by atoms with van der Waals surface area (Å²) in [6, 6.07) is 15.2. The monoisotopic (exact) mass is 400 g/mol. The van der Waals surface area contributed by atoms with Crippen LogP contribution in [0.2, 0.25) is 0 Å². The highest BCUT2D eigenvalue weighted by Crippen LogP contribution is 2.24. The second-order valence-corrected chi connectivity index (χ2v) is 8.03. The molecule has 0 spiro atoms. The number of nitrogens with one attached hydrogen (secondary N) is 2. The molecule has 0 amide bonds. The van der Waals surface area contributed by atoms with Crippen LogP contribution < -0.4 is 15.5 Å². The van der Waals surface area contributed by atoms with Crippen molar-refractivity contribution in [2.45, 2.75) is 38.3 Å². The molecule has 1 aromatic carbocycles. The summed E-state index contributed by atoms with van der Waals surface area (Å²) in [5, 5.41) is 10.6. The highest BCUT2D eigenvalue weighted by molar-refractivity contribution is 7.14. The molecule has 1 aromatic heterocycles. The Bertz CT molecular complexity index is 682. The Hall–Kier alpha value is -2.05. The van der Waals surface area contributed by atoms with E-state index in [-0.39, 0.29) is 0 Å². The molecule has 28 heavy (non-hydrogen) atoms. The summed E-state index contributed by atoms with van der Waals surface area (Å²) >= 11 is 1.83. The zero-order valence-corrected chi connectivity index (χ0v) is 17.6. The predicted octanol–water partition coefficient (Wildman–Crippen LogP) is 3.88. The van der Waals surface area contributed by atoms with Gasteiger partial charge in [0.25, 0.3) is 0 Å². The van der Waals surface area contributed by atoms with E-state index in [2.05, 4.69) is 50.2 Å². The number of hydrogen-bond donors (Lipinski definition) is 2. The molecule has 0 radical (unpaired) electrons. The molecule has 1 aliphatic rings. The van der Waals surface area contributed by atoms with Crippen molar-refractivity contribution >= 4 is 22.3 Å². The van der Waals surface area contributed by atoms with E-state index < -0.39 is 0 Å². The average Bonchev–Trinajstić information content (AvgIpc) is 3.28. The second-order valence-electron chi connectivity index (χ2n) is 7.10. The molecule has 6 heteroatoms. The van der Waals surface area contributed by atoms with Crippen molar-refractivity contribution < 1.29 is 4.74 Å².